The minimum absolute atomic E-state index is 0.0817. The first-order chi connectivity index (χ1) is 9.78. The van der Waals surface area contributed by atoms with Crippen LogP contribution in [0.25, 0.3) is 10.9 Å². The summed E-state index contributed by atoms with van der Waals surface area (Å²) in [5.74, 6) is 0.876. The van der Waals surface area contributed by atoms with Crippen LogP contribution in [0.15, 0.2) is 29.0 Å². The number of fused-ring (bicyclic) bond motifs is 1. The summed E-state index contributed by atoms with van der Waals surface area (Å²) < 4.78 is 18.6. The van der Waals surface area contributed by atoms with Crippen molar-refractivity contribution in [2.45, 2.75) is 12.5 Å². The van der Waals surface area contributed by atoms with Crippen molar-refractivity contribution < 1.29 is 9.13 Å². The molecule has 0 spiro atoms. The van der Waals surface area contributed by atoms with Gasteiger partial charge in [0.15, 0.2) is 5.82 Å². The zero-order valence-electron chi connectivity index (χ0n) is 10.9. The van der Waals surface area contributed by atoms with E-state index in [-0.39, 0.29) is 12.7 Å². The van der Waals surface area contributed by atoms with Crippen molar-refractivity contribution in [2.75, 3.05) is 31.3 Å². The predicted octanol–water partition coefficient (Wildman–Crippen LogP) is 2.96. The molecule has 3 heterocycles. The average molecular weight is 340 g/mol. The first-order valence-electron chi connectivity index (χ1n) is 6.60. The second-order valence-electron chi connectivity index (χ2n) is 4.78. The van der Waals surface area contributed by atoms with Crippen LogP contribution in [0, 0.1) is 0 Å². The first kappa shape index (κ1) is 13.7. The van der Waals surface area contributed by atoms with Crippen LogP contribution in [0.4, 0.5) is 10.2 Å². The van der Waals surface area contributed by atoms with E-state index in [4.69, 9.17) is 4.74 Å². The zero-order valence-corrected chi connectivity index (χ0v) is 12.5. The third-order valence-electron chi connectivity index (χ3n) is 3.42. The van der Waals surface area contributed by atoms with E-state index in [0.717, 1.165) is 40.7 Å². The molecule has 1 saturated heterocycles. The lowest BCUT2D eigenvalue weighted by Crippen LogP contribution is -2.24. The highest BCUT2D eigenvalue weighted by atomic mass is 79.9. The minimum Gasteiger partial charge on any atom is -0.374 e. The van der Waals surface area contributed by atoms with Gasteiger partial charge in [-0.25, -0.2) is 9.37 Å². The number of hydrogen-bond donors (Lipinski definition) is 0. The first-order valence-corrected chi connectivity index (χ1v) is 7.40. The number of pyridine rings is 2. The summed E-state index contributed by atoms with van der Waals surface area (Å²) in [6.45, 7) is 1.34. The standard InChI is InChI=1S/C14H15BrFN3O/c15-11-7-10-1-4-17-14(13(10)18-8-11)19-5-2-12(9-19)20-6-3-16/h1,4,7-8,12H,2-3,5-6,9H2. The molecule has 3 rings (SSSR count). The molecule has 0 aromatic carbocycles. The van der Waals surface area contributed by atoms with Crippen LogP contribution in [0.5, 0.6) is 0 Å². The molecule has 0 N–H and O–H groups in total. The van der Waals surface area contributed by atoms with E-state index >= 15 is 0 Å². The Morgan fingerprint density at radius 1 is 1.45 bits per heavy atom. The minimum atomic E-state index is -0.432. The molecule has 0 amide bonds. The highest BCUT2D eigenvalue weighted by Crippen LogP contribution is 2.27. The number of rotatable bonds is 4. The molecule has 20 heavy (non-hydrogen) atoms. The smallest absolute Gasteiger partial charge is 0.155 e. The molecule has 4 nitrogen and oxygen atoms in total. The molecular formula is C14H15BrFN3O. The lowest BCUT2D eigenvalue weighted by molar-refractivity contribution is 0.0584. The second-order valence-corrected chi connectivity index (χ2v) is 5.69. The summed E-state index contributed by atoms with van der Waals surface area (Å²) in [5.41, 5.74) is 0.891. The molecule has 1 aliphatic rings. The summed E-state index contributed by atoms with van der Waals surface area (Å²) in [6, 6.07) is 3.98. The molecule has 0 bridgehead atoms. The number of anilines is 1. The van der Waals surface area contributed by atoms with Gasteiger partial charge < -0.3 is 9.64 Å². The number of halogens is 2. The SMILES string of the molecule is FCCOC1CCN(c2nccc3cc(Br)cnc23)C1. The van der Waals surface area contributed by atoms with Crippen LogP contribution in [0.2, 0.25) is 0 Å². The summed E-state index contributed by atoms with van der Waals surface area (Å²) in [7, 11) is 0. The highest BCUT2D eigenvalue weighted by Gasteiger charge is 2.25. The van der Waals surface area contributed by atoms with Crippen molar-refractivity contribution in [3.8, 4) is 0 Å². The molecule has 1 atom stereocenters. The van der Waals surface area contributed by atoms with Crippen molar-refractivity contribution in [3.63, 3.8) is 0 Å². The van der Waals surface area contributed by atoms with Gasteiger partial charge in [-0.05, 0) is 34.5 Å². The Kier molecular flexibility index (Phi) is 4.12. The number of nitrogens with zero attached hydrogens (tertiary/aromatic N) is 3. The van der Waals surface area contributed by atoms with Crippen molar-refractivity contribution >= 4 is 32.7 Å². The van der Waals surface area contributed by atoms with E-state index in [1.54, 1.807) is 12.4 Å². The van der Waals surface area contributed by atoms with E-state index in [2.05, 4.69) is 30.8 Å². The van der Waals surface area contributed by atoms with Crippen molar-refractivity contribution in [3.05, 3.63) is 29.0 Å². The normalized spacial score (nSPS) is 18.9. The summed E-state index contributed by atoms with van der Waals surface area (Å²) in [4.78, 5) is 11.1. The van der Waals surface area contributed by atoms with E-state index in [1.807, 2.05) is 12.1 Å². The van der Waals surface area contributed by atoms with Gasteiger partial charge in [-0.15, -0.1) is 0 Å². The zero-order chi connectivity index (χ0) is 13.9. The molecule has 2 aromatic heterocycles. The largest absolute Gasteiger partial charge is 0.374 e. The van der Waals surface area contributed by atoms with E-state index in [9.17, 15) is 4.39 Å². The maximum atomic E-state index is 12.1. The van der Waals surface area contributed by atoms with E-state index < -0.39 is 6.67 Å². The molecule has 0 aliphatic carbocycles. The Labute approximate surface area is 125 Å². The Balaban J connectivity index is 1.84. The number of ether oxygens (including phenoxy) is 1. The molecule has 106 valence electrons. The number of alkyl halides is 1. The number of hydrogen-bond acceptors (Lipinski definition) is 4. The van der Waals surface area contributed by atoms with Gasteiger partial charge in [0, 0.05) is 35.3 Å². The van der Waals surface area contributed by atoms with Gasteiger partial charge in [-0.3, -0.25) is 4.98 Å². The molecule has 1 aliphatic heterocycles. The van der Waals surface area contributed by atoms with E-state index in [1.165, 1.54) is 0 Å². The van der Waals surface area contributed by atoms with Crippen molar-refractivity contribution in [2.24, 2.45) is 0 Å². The van der Waals surface area contributed by atoms with Gasteiger partial charge in [0.2, 0.25) is 0 Å². The predicted molar refractivity (Wildman–Crippen MR) is 79.8 cm³/mol. The second kappa shape index (κ2) is 6.01. The number of aromatic nitrogens is 2. The lowest BCUT2D eigenvalue weighted by atomic mass is 10.2. The molecule has 0 radical (unpaired) electrons. The molecule has 1 unspecified atom stereocenters. The van der Waals surface area contributed by atoms with Crippen LogP contribution in [-0.2, 0) is 4.74 Å². The molecule has 2 aromatic rings. The van der Waals surface area contributed by atoms with Crippen LogP contribution >= 0.6 is 15.9 Å². The maximum absolute atomic E-state index is 12.1. The third kappa shape index (κ3) is 2.76. The average Bonchev–Trinajstić information content (AvgIpc) is 2.92. The molecule has 0 saturated carbocycles. The maximum Gasteiger partial charge on any atom is 0.155 e. The van der Waals surface area contributed by atoms with Crippen LogP contribution in [0.1, 0.15) is 6.42 Å². The van der Waals surface area contributed by atoms with Gasteiger partial charge in [-0.1, -0.05) is 0 Å². The fraction of sp³-hybridized carbons (Fsp3) is 0.429. The Morgan fingerprint density at radius 2 is 2.35 bits per heavy atom. The third-order valence-corrected chi connectivity index (χ3v) is 3.86. The fourth-order valence-electron chi connectivity index (χ4n) is 2.52. The van der Waals surface area contributed by atoms with Crippen LogP contribution in [-0.4, -0.2) is 42.4 Å². The highest BCUT2D eigenvalue weighted by molar-refractivity contribution is 9.10. The Morgan fingerprint density at radius 3 is 3.20 bits per heavy atom. The molecular weight excluding hydrogens is 325 g/mol. The molecule has 1 fully saturated rings. The topological polar surface area (TPSA) is 38.2 Å². The van der Waals surface area contributed by atoms with Crippen LogP contribution in [0.3, 0.4) is 0 Å². The van der Waals surface area contributed by atoms with E-state index in [0.29, 0.717) is 0 Å². The Hall–Kier alpha value is -1.27. The van der Waals surface area contributed by atoms with Crippen LogP contribution < -0.4 is 4.90 Å². The summed E-state index contributed by atoms with van der Waals surface area (Å²) in [6.07, 6.45) is 4.55. The summed E-state index contributed by atoms with van der Waals surface area (Å²) >= 11 is 3.43. The summed E-state index contributed by atoms with van der Waals surface area (Å²) in [5, 5.41) is 1.05. The van der Waals surface area contributed by atoms with Gasteiger partial charge in [0.1, 0.15) is 12.2 Å². The van der Waals surface area contributed by atoms with Gasteiger partial charge in [0.05, 0.1) is 12.7 Å². The quantitative estimate of drug-likeness (QED) is 0.858. The lowest BCUT2D eigenvalue weighted by Gasteiger charge is -2.18. The fourth-order valence-corrected chi connectivity index (χ4v) is 2.87. The van der Waals surface area contributed by atoms with Crippen molar-refractivity contribution in [1.82, 2.24) is 9.97 Å². The monoisotopic (exact) mass is 339 g/mol. The Bertz CT molecular complexity index is 610. The van der Waals surface area contributed by atoms with Gasteiger partial charge in [0.25, 0.3) is 0 Å². The van der Waals surface area contributed by atoms with Gasteiger partial charge in [-0.2, -0.15) is 0 Å². The molecule has 6 heteroatoms. The van der Waals surface area contributed by atoms with Crippen molar-refractivity contribution in [1.29, 1.82) is 0 Å². The van der Waals surface area contributed by atoms with Gasteiger partial charge >= 0.3 is 0 Å².